The van der Waals surface area contributed by atoms with Gasteiger partial charge < -0.3 is 10.2 Å². The van der Waals surface area contributed by atoms with Crippen molar-refractivity contribution in [1.82, 2.24) is 15.1 Å². The van der Waals surface area contributed by atoms with Crippen LogP contribution < -0.4 is 5.32 Å². The summed E-state index contributed by atoms with van der Waals surface area (Å²) in [7, 11) is 0. The van der Waals surface area contributed by atoms with Crippen LogP contribution in [0, 0.1) is 0 Å². The molecule has 1 aromatic carbocycles. The van der Waals surface area contributed by atoms with E-state index in [1.165, 1.54) is 42.6 Å². The summed E-state index contributed by atoms with van der Waals surface area (Å²) in [5.74, 6) is 0. The van der Waals surface area contributed by atoms with Crippen LogP contribution in [0.1, 0.15) is 49.6 Å². The molecule has 5 nitrogen and oxygen atoms in total. The van der Waals surface area contributed by atoms with Gasteiger partial charge in [0.25, 0.3) is 0 Å². The molecule has 2 aliphatic rings. The third-order valence-corrected chi connectivity index (χ3v) is 5.81. The molecule has 2 amide bonds. The van der Waals surface area contributed by atoms with Gasteiger partial charge in [-0.1, -0.05) is 37.4 Å². The van der Waals surface area contributed by atoms with Crippen molar-refractivity contribution in [2.24, 2.45) is 0 Å². The summed E-state index contributed by atoms with van der Waals surface area (Å²) >= 11 is 6.00. The van der Waals surface area contributed by atoms with Gasteiger partial charge in [0.2, 0.25) is 0 Å². The summed E-state index contributed by atoms with van der Waals surface area (Å²) in [6.45, 7) is 3.61. The maximum absolute atomic E-state index is 12.7. The Morgan fingerprint density at radius 3 is 2.92 bits per heavy atom. The van der Waals surface area contributed by atoms with Gasteiger partial charge in [0, 0.05) is 40.3 Å². The highest BCUT2D eigenvalue weighted by molar-refractivity contribution is 6.30. The fourth-order valence-corrected chi connectivity index (χ4v) is 4.32. The molecule has 1 fully saturated rings. The van der Waals surface area contributed by atoms with Crippen LogP contribution in [0.2, 0.25) is 5.02 Å². The van der Waals surface area contributed by atoms with Gasteiger partial charge in [-0.2, -0.15) is 5.10 Å². The average Bonchev–Trinajstić information content (AvgIpc) is 3.21. The normalized spacial score (nSPS) is 18.9. The van der Waals surface area contributed by atoms with Crippen LogP contribution in [-0.4, -0.2) is 27.7 Å². The van der Waals surface area contributed by atoms with E-state index in [4.69, 9.17) is 11.6 Å². The fraction of sp³-hybridized carbons (Fsp3) is 0.474. The Labute approximate surface area is 152 Å². The van der Waals surface area contributed by atoms with E-state index >= 15 is 0 Å². The van der Waals surface area contributed by atoms with E-state index in [0.717, 1.165) is 12.1 Å². The van der Waals surface area contributed by atoms with Crippen molar-refractivity contribution in [1.29, 1.82) is 0 Å². The highest BCUT2D eigenvalue weighted by atomic mass is 35.5. The van der Waals surface area contributed by atoms with Gasteiger partial charge in [-0.15, -0.1) is 0 Å². The zero-order valence-corrected chi connectivity index (χ0v) is 15.2. The number of H-pyrrole nitrogens is 1. The van der Waals surface area contributed by atoms with Crippen molar-refractivity contribution in [3.63, 3.8) is 0 Å². The summed E-state index contributed by atoms with van der Waals surface area (Å²) < 4.78 is 0. The molecular formula is C19H23ClN4O. The number of hydrogen-bond donors (Lipinski definition) is 2. The Hall–Kier alpha value is -2.01. The Kier molecular flexibility index (Phi) is 4.20. The van der Waals surface area contributed by atoms with Gasteiger partial charge in [0.1, 0.15) is 0 Å². The summed E-state index contributed by atoms with van der Waals surface area (Å²) in [5, 5.41) is 11.4. The number of fused-ring (bicyclic) bond motifs is 1. The number of urea groups is 1. The van der Waals surface area contributed by atoms with Gasteiger partial charge in [0.15, 0.2) is 0 Å². The second-order valence-electron chi connectivity index (χ2n) is 7.41. The molecule has 0 saturated heterocycles. The molecule has 0 spiro atoms. The molecule has 0 unspecified atom stereocenters. The maximum Gasteiger partial charge on any atom is 0.322 e. The van der Waals surface area contributed by atoms with Crippen LogP contribution in [0.5, 0.6) is 0 Å². The van der Waals surface area contributed by atoms with E-state index < -0.39 is 0 Å². The van der Waals surface area contributed by atoms with Crippen molar-refractivity contribution in [2.45, 2.75) is 51.0 Å². The van der Waals surface area contributed by atoms with Gasteiger partial charge >= 0.3 is 6.03 Å². The Bertz CT molecular complexity index is 794. The number of carbonyl (C=O) groups is 1. The first-order valence-corrected chi connectivity index (χ1v) is 9.31. The number of anilines is 1. The number of carbonyl (C=O) groups excluding carboxylic acids is 1. The van der Waals surface area contributed by atoms with E-state index in [9.17, 15) is 4.79 Å². The molecule has 2 N–H and O–H groups in total. The van der Waals surface area contributed by atoms with Crippen LogP contribution >= 0.6 is 11.6 Å². The van der Waals surface area contributed by atoms with Gasteiger partial charge in [0.05, 0.1) is 12.2 Å². The molecule has 1 saturated carbocycles. The Morgan fingerprint density at radius 2 is 2.16 bits per heavy atom. The van der Waals surface area contributed by atoms with Crippen LogP contribution in [0.3, 0.4) is 0 Å². The molecule has 1 aliphatic carbocycles. The van der Waals surface area contributed by atoms with Crippen molar-refractivity contribution >= 4 is 23.3 Å². The molecular weight excluding hydrogens is 336 g/mol. The minimum atomic E-state index is -0.0864. The summed E-state index contributed by atoms with van der Waals surface area (Å²) in [4.78, 5) is 14.5. The summed E-state index contributed by atoms with van der Waals surface area (Å²) in [6, 6.07) is 7.16. The molecule has 2 heterocycles. The highest BCUT2D eigenvalue weighted by Crippen LogP contribution is 2.42. The van der Waals surface area contributed by atoms with Crippen LogP contribution in [0.25, 0.3) is 0 Å². The monoisotopic (exact) mass is 358 g/mol. The summed E-state index contributed by atoms with van der Waals surface area (Å²) in [5.41, 5.74) is 4.45. The number of benzene rings is 1. The molecule has 132 valence electrons. The van der Waals surface area contributed by atoms with Crippen molar-refractivity contribution in [3.05, 3.63) is 46.2 Å². The lowest BCUT2D eigenvalue weighted by Crippen LogP contribution is -2.39. The quantitative estimate of drug-likeness (QED) is 0.831. The molecule has 0 bridgehead atoms. The van der Waals surface area contributed by atoms with E-state index in [-0.39, 0.29) is 11.4 Å². The second-order valence-corrected chi connectivity index (χ2v) is 7.85. The largest absolute Gasteiger partial charge is 0.322 e. The number of aromatic nitrogens is 2. The number of rotatable bonds is 2. The summed E-state index contributed by atoms with van der Waals surface area (Å²) in [6.07, 6.45) is 5.70. The molecule has 2 aromatic rings. The number of hydrogen-bond acceptors (Lipinski definition) is 2. The molecule has 1 aromatic heterocycles. The average molecular weight is 359 g/mol. The number of amides is 2. The van der Waals surface area contributed by atoms with Crippen LogP contribution in [0.4, 0.5) is 10.5 Å². The fourth-order valence-electron chi connectivity index (χ4n) is 4.13. The van der Waals surface area contributed by atoms with E-state index in [0.29, 0.717) is 18.1 Å². The lowest BCUT2D eigenvalue weighted by Gasteiger charge is -2.30. The first kappa shape index (κ1) is 16.5. The predicted octanol–water partition coefficient (Wildman–Crippen LogP) is 4.49. The van der Waals surface area contributed by atoms with E-state index in [2.05, 4.69) is 22.4 Å². The van der Waals surface area contributed by atoms with Crippen molar-refractivity contribution in [3.8, 4) is 0 Å². The minimum absolute atomic E-state index is 0.0864. The Morgan fingerprint density at radius 1 is 1.36 bits per heavy atom. The van der Waals surface area contributed by atoms with E-state index in [1.807, 2.05) is 17.0 Å². The topological polar surface area (TPSA) is 61.0 Å². The van der Waals surface area contributed by atoms with Gasteiger partial charge in [-0.25, -0.2) is 4.79 Å². The smallest absolute Gasteiger partial charge is 0.320 e. The number of nitrogens with one attached hydrogen (secondary N) is 2. The number of aromatic amines is 1. The zero-order chi connectivity index (χ0) is 17.4. The van der Waals surface area contributed by atoms with E-state index in [1.54, 1.807) is 12.1 Å². The molecule has 25 heavy (non-hydrogen) atoms. The standard InChI is InChI=1S/C19H23ClN4O/c1-19(8-2-3-9-19)17-15-12-24(10-7-16(15)22-23-17)18(25)21-14-6-4-5-13(20)11-14/h4-6,11H,2-3,7-10,12H2,1H3,(H,21,25)(H,22,23). The number of nitrogens with zero attached hydrogens (tertiary/aromatic N) is 2. The molecule has 1 aliphatic heterocycles. The Balaban J connectivity index is 1.52. The minimum Gasteiger partial charge on any atom is -0.320 e. The van der Waals surface area contributed by atoms with Crippen LogP contribution in [0.15, 0.2) is 24.3 Å². The van der Waals surface area contributed by atoms with Crippen molar-refractivity contribution < 1.29 is 4.79 Å². The van der Waals surface area contributed by atoms with Gasteiger partial charge in [-0.05, 0) is 31.0 Å². The third-order valence-electron chi connectivity index (χ3n) is 5.58. The molecule has 0 atom stereocenters. The first-order chi connectivity index (χ1) is 12.0. The molecule has 4 rings (SSSR count). The second kappa shape index (κ2) is 6.37. The molecule has 0 radical (unpaired) electrons. The first-order valence-electron chi connectivity index (χ1n) is 8.93. The van der Waals surface area contributed by atoms with Crippen molar-refractivity contribution in [2.75, 3.05) is 11.9 Å². The SMILES string of the molecule is CC1(c2n[nH]c3c2CN(C(=O)Nc2cccc(Cl)c2)CC3)CCCC1. The van der Waals surface area contributed by atoms with Crippen LogP contribution in [-0.2, 0) is 18.4 Å². The zero-order valence-electron chi connectivity index (χ0n) is 14.4. The lowest BCUT2D eigenvalue weighted by molar-refractivity contribution is 0.205. The lowest BCUT2D eigenvalue weighted by atomic mass is 9.82. The number of halogens is 1. The third kappa shape index (κ3) is 3.13. The highest BCUT2D eigenvalue weighted by Gasteiger charge is 2.37. The predicted molar refractivity (Wildman–Crippen MR) is 99.0 cm³/mol. The maximum atomic E-state index is 12.7. The van der Waals surface area contributed by atoms with Gasteiger partial charge in [-0.3, -0.25) is 5.10 Å². The molecule has 6 heteroatoms.